The Kier molecular flexibility index (Phi) is 6.44. The monoisotopic (exact) mass is 295 g/mol. The van der Waals surface area contributed by atoms with E-state index in [1.54, 1.807) is 18.2 Å². The zero-order chi connectivity index (χ0) is 12.8. The summed E-state index contributed by atoms with van der Waals surface area (Å²) >= 11 is 11.7. The van der Waals surface area contributed by atoms with Gasteiger partial charge in [0.2, 0.25) is 0 Å². The molecular weight excluding hydrogens is 281 g/mol. The van der Waals surface area contributed by atoms with E-state index >= 15 is 0 Å². The molecule has 0 fully saturated rings. The summed E-state index contributed by atoms with van der Waals surface area (Å²) in [5, 5.41) is 13.5. The Morgan fingerprint density at radius 1 is 1.47 bits per heavy atom. The van der Waals surface area contributed by atoms with E-state index in [4.69, 9.17) is 23.2 Å². The van der Waals surface area contributed by atoms with Crippen molar-refractivity contribution in [3.63, 3.8) is 0 Å². The number of aliphatic hydroxyl groups is 1. The first-order valence-corrected chi connectivity index (χ1v) is 7.34. The number of hydrogen-bond acceptors (Lipinski definition) is 3. The molecule has 0 radical (unpaired) electrons. The van der Waals surface area contributed by atoms with E-state index in [9.17, 15) is 9.32 Å². The average Bonchev–Trinajstić information content (AvgIpc) is 2.29. The number of rotatable bonds is 6. The first kappa shape index (κ1) is 14.9. The number of benzene rings is 1. The first-order chi connectivity index (χ1) is 8.04. The van der Waals surface area contributed by atoms with Gasteiger partial charge in [0.05, 0.1) is 32.6 Å². The lowest BCUT2D eigenvalue weighted by Crippen LogP contribution is -2.30. The van der Waals surface area contributed by atoms with Crippen LogP contribution in [0.15, 0.2) is 23.1 Å². The quantitative estimate of drug-likeness (QED) is 0.845. The number of likely N-dealkylation sites (N-methyl/N-ethyl adjacent to an activating group) is 1. The van der Waals surface area contributed by atoms with Crippen LogP contribution in [-0.2, 0) is 10.8 Å². The molecule has 3 nitrogen and oxygen atoms in total. The highest BCUT2D eigenvalue weighted by molar-refractivity contribution is 7.85. The Morgan fingerprint density at radius 3 is 2.82 bits per heavy atom. The van der Waals surface area contributed by atoms with Gasteiger partial charge in [-0.25, -0.2) is 0 Å². The van der Waals surface area contributed by atoms with Gasteiger partial charge in [0, 0.05) is 11.6 Å². The molecule has 0 aliphatic heterocycles. The predicted octanol–water partition coefficient (Wildman–Crippen LogP) is 2.07. The van der Waals surface area contributed by atoms with Gasteiger partial charge in [-0.2, -0.15) is 0 Å². The molecule has 0 bridgehead atoms. The van der Waals surface area contributed by atoms with Crippen molar-refractivity contribution in [2.45, 2.75) is 17.9 Å². The van der Waals surface area contributed by atoms with Crippen molar-refractivity contribution in [1.29, 1.82) is 0 Å². The Balaban J connectivity index is 2.66. The standard InChI is InChI=1S/C11H15Cl2NO2S/c1-2-14-6-9(15)7-17(16)11-5-8(12)3-4-10(11)13/h3-5,9,14-15H,2,6-7H2,1H3. The summed E-state index contributed by atoms with van der Waals surface area (Å²) in [6.07, 6.45) is -0.661. The molecule has 0 aliphatic carbocycles. The van der Waals surface area contributed by atoms with Crippen molar-refractivity contribution < 1.29 is 9.32 Å². The minimum absolute atomic E-state index is 0.146. The zero-order valence-electron chi connectivity index (χ0n) is 9.45. The van der Waals surface area contributed by atoms with E-state index < -0.39 is 16.9 Å². The lowest BCUT2D eigenvalue weighted by Gasteiger charge is -2.11. The third kappa shape index (κ3) is 4.94. The second kappa shape index (κ2) is 7.34. The molecule has 17 heavy (non-hydrogen) atoms. The van der Waals surface area contributed by atoms with Crippen LogP contribution in [0.1, 0.15) is 6.92 Å². The first-order valence-electron chi connectivity index (χ1n) is 5.26. The van der Waals surface area contributed by atoms with Crippen molar-refractivity contribution >= 4 is 34.0 Å². The topological polar surface area (TPSA) is 49.3 Å². The highest BCUT2D eigenvalue weighted by Crippen LogP contribution is 2.24. The van der Waals surface area contributed by atoms with Crippen LogP contribution >= 0.6 is 23.2 Å². The summed E-state index contributed by atoms with van der Waals surface area (Å²) < 4.78 is 12.0. The maximum atomic E-state index is 12.0. The summed E-state index contributed by atoms with van der Waals surface area (Å²) in [6, 6.07) is 4.81. The molecule has 2 N–H and O–H groups in total. The molecule has 1 aromatic rings. The Labute approximate surface area is 114 Å². The molecule has 0 heterocycles. The number of nitrogens with one attached hydrogen (secondary N) is 1. The molecule has 0 saturated heterocycles. The van der Waals surface area contributed by atoms with Gasteiger partial charge in [-0.05, 0) is 24.7 Å². The molecule has 1 aromatic carbocycles. The van der Waals surface area contributed by atoms with Crippen molar-refractivity contribution in [3.8, 4) is 0 Å². The Hall–Kier alpha value is -0.130. The molecule has 0 aliphatic rings. The highest BCUT2D eigenvalue weighted by Gasteiger charge is 2.14. The van der Waals surface area contributed by atoms with Gasteiger partial charge < -0.3 is 10.4 Å². The fraction of sp³-hybridized carbons (Fsp3) is 0.455. The third-order valence-electron chi connectivity index (χ3n) is 2.11. The molecule has 0 spiro atoms. The van der Waals surface area contributed by atoms with E-state index in [0.717, 1.165) is 6.54 Å². The molecule has 96 valence electrons. The summed E-state index contributed by atoms with van der Waals surface area (Å²) in [4.78, 5) is 0.467. The highest BCUT2D eigenvalue weighted by atomic mass is 35.5. The number of aliphatic hydroxyl groups excluding tert-OH is 1. The number of halogens is 2. The van der Waals surface area contributed by atoms with Gasteiger partial charge in [0.25, 0.3) is 0 Å². The van der Waals surface area contributed by atoms with E-state index in [2.05, 4.69) is 5.32 Å². The lowest BCUT2D eigenvalue weighted by molar-refractivity contribution is 0.195. The largest absolute Gasteiger partial charge is 0.391 e. The van der Waals surface area contributed by atoms with Crippen molar-refractivity contribution in [3.05, 3.63) is 28.2 Å². The normalized spacial score (nSPS) is 14.6. The predicted molar refractivity (Wildman–Crippen MR) is 72.3 cm³/mol. The second-order valence-corrected chi connectivity index (χ2v) is 5.86. The molecular formula is C11H15Cl2NO2S. The van der Waals surface area contributed by atoms with Crippen LogP contribution in [0.4, 0.5) is 0 Å². The van der Waals surface area contributed by atoms with Crippen molar-refractivity contribution in [1.82, 2.24) is 5.32 Å². The molecule has 0 aromatic heterocycles. The zero-order valence-corrected chi connectivity index (χ0v) is 11.8. The van der Waals surface area contributed by atoms with Gasteiger partial charge in [0.1, 0.15) is 0 Å². The smallest absolute Gasteiger partial charge is 0.0783 e. The van der Waals surface area contributed by atoms with Crippen LogP contribution in [-0.4, -0.2) is 34.3 Å². The SMILES string of the molecule is CCNCC(O)CS(=O)c1cc(Cl)ccc1Cl. The van der Waals surface area contributed by atoms with Crippen LogP contribution in [0.2, 0.25) is 10.0 Å². The molecule has 2 unspecified atom stereocenters. The minimum Gasteiger partial charge on any atom is -0.391 e. The van der Waals surface area contributed by atoms with Gasteiger partial charge >= 0.3 is 0 Å². The van der Waals surface area contributed by atoms with Gasteiger partial charge in [-0.3, -0.25) is 4.21 Å². The van der Waals surface area contributed by atoms with E-state index in [1.165, 1.54) is 0 Å². The summed E-state index contributed by atoms with van der Waals surface area (Å²) in [7, 11) is -1.35. The fourth-order valence-corrected chi connectivity index (χ4v) is 3.09. The van der Waals surface area contributed by atoms with Crippen LogP contribution in [0.5, 0.6) is 0 Å². The second-order valence-electron chi connectivity index (χ2n) is 3.55. The van der Waals surface area contributed by atoms with E-state index in [-0.39, 0.29) is 5.75 Å². The van der Waals surface area contributed by atoms with Gasteiger partial charge in [-0.15, -0.1) is 0 Å². The molecule has 6 heteroatoms. The van der Waals surface area contributed by atoms with Gasteiger partial charge in [0.15, 0.2) is 0 Å². The molecule has 2 atom stereocenters. The van der Waals surface area contributed by atoms with E-state index in [0.29, 0.717) is 21.5 Å². The summed E-state index contributed by atoms with van der Waals surface area (Å²) in [5.41, 5.74) is 0. The molecule has 1 rings (SSSR count). The van der Waals surface area contributed by atoms with E-state index in [1.807, 2.05) is 6.92 Å². The van der Waals surface area contributed by atoms with Crippen molar-refractivity contribution in [2.75, 3.05) is 18.8 Å². The van der Waals surface area contributed by atoms with Gasteiger partial charge in [-0.1, -0.05) is 30.1 Å². The van der Waals surface area contributed by atoms with Crippen LogP contribution in [0.25, 0.3) is 0 Å². The van der Waals surface area contributed by atoms with Crippen LogP contribution < -0.4 is 5.32 Å². The van der Waals surface area contributed by atoms with Crippen molar-refractivity contribution in [2.24, 2.45) is 0 Å². The Bertz CT molecular complexity index is 401. The molecule has 0 saturated carbocycles. The maximum absolute atomic E-state index is 12.0. The maximum Gasteiger partial charge on any atom is 0.0783 e. The summed E-state index contributed by atoms with van der Waals surface area (Å²) in [6.45, 7) is 3.12. The minimum atomic E-state index is -1.35. The summed E-state index contributed by atoms with van der Waals surface area (Å²) in [5.74, 6) is 0.146. The average molecular weight is 296 g/mol. The Morgan fingerprint density at radius 2 is 2.18 bits per heavy atom. The number of hydrogen-bond donors (Lipinski definition) is 2. The van der Waals surface area contributed by atoms with Crippen LogP contribution in [0.3, 0.4) is 0 Å². The molecule has 0 amide bonds. The lowest BCUT2D eigenvalue weighted by atomic mass is 10.4. The van der Waals surface area contributed by atoms with Crippen LogP contribution in [0, 0.1) is 0 Å². The fourth-order valence-electron chi connectivity index (χ4n) is 1.29. The third-order valence-corrected chi connectivity index (χ3v) is 4.30.